The first-order valence-corrected chi connectivity index (χ1v) is 5.88. The quantitative estimate of drug-likeness (QED) is 0.364. The summed E-state index contributed by atoms with van der Waals surface area (Å²) in [5.74, 6) is -2.42. The zero-order valence-corrected chi connectivity index (χ0v) is 10.5. The Bertz CT molecular complexity index is 496. The SMILES string of the molecule is Cc1cc(C(N)=NO)nc(N2CCC(F)(F)CC2)n1. The third-order valence-corrected chi connectivity index (χ3v) is 2.99. The standard InChI is InChI=1S/C11H15F2N5O/c1-7-6-8(9(14)17-19)16-10(15-7)18-4-2-11(12,13)3-5-18/h6,19H,2-5H2,1H3,(H2,14,17). The van der Waals surface area contributed by atoms with Gasteiger partial charge >= 0.3 is 0 Å². The molecule has 1 saturated heterocycles. The van der Waals surface area contributed by atoms with Gasteiger partial charge in [-0.3, -0.25) is 0 Å². The molecule has 1 aliphatic rings. The lowest BCUT2D eigenvalue weighted by Crippen LogP contribution is -2.40. The molecule has 0 aliphatic carbocycles. The molecule has 6 nitrogen and oxygen atoms in total. The van der Waals surface area contributed by atoms with Gasteiger partial charge in [0, 0.05) is 31.6 Å². The van der Waals surface area contributed by atoms with E-state index in [1.807, 2.05) is 0 Å². The van der Waals surface area contributed by atoms with E-state index in [0.717, 1.165) is 0 Å². The average Bonchev–Trinajstić information content (AvgIpc) is 2.37. The molecule has 1 fully saturated rings. The second-order valence-electron chi connectivity index (χ2n) is 4.52. The summed E-state index contributed by atoms with van der Waals surface area (Å²) in [6.45, 7) is 2.11. The van der Waals surface area contributed by atoms with E-state index in [-0.39, 0.29) is 37.5 Å². The van der Waals surface area contributed by atoms with Crippen LogP contribution in [0.3, 0.4) is 0 Å². The molecule has 0 saturated carbocycles. The van der Waals surface area contributed by atoms with E-state index in [1.54, 1.807) is 17.9 Å². The molecule has 0 bridgehead atoms. The maximum Gasteiger partial charge on any atom is 0.251 e. The molecule has 0 spiro atoms. The number of halogens is 2. The fourth-order valence-electron chi connectivity index (χ4n) is 1.91. The van der Waals surface area contributed by atoms with Crippen LogP contribution in [0, 0.1) is 6.92 Å². The van der Waals surface area contributed by atoms with E-state index in [0.29, 0.717) is 11.6 Å². The number of amidine groups is 1. The van der Waals surface area contributed by atoms with Crippen molar-refractivity contribution in [1.29, 1.82) is 0 Å². The zero-order chi connectivity index (χ0) is 14.0. The minimum Gasteiger partial charge on any atom is -0.409 e. The number of rotatable bonds is 2. The van der Waals surface area contributed by atoms with Gasteiger partial charge in [0.15, 0.2) is 5.84 Å². The first kappa shape index (κ1) is 13.4. The van der Waals surface area contributed by atoms with Crippen molar-refractivity contribution in [3.63, 3.8) is 0 Å². The van der Waals surface area contributed by atoms with Crippen LogP contribution in [0.2, 0.25) is 0 Å². The molecule has 19 heavy (non-hydrogen) atoms. The third kappa shape index (κ3) is 3.07. The predicted octanol–water partition coefficient (Wildman–Crippen LogP) is 1.12. The average molecular weight is 271 g/mol. The number of anilines is 1. The maximum absolute atomic E-state index is 13.1. The number of oxime groups is 1. The van der Waals surface area contributed by atoms with Gasteiger partial charge in [-0.1, -0.05) is 5.16 Å². The van der Waals surface area contributed by atoms with Crippen LogP contribution in [0.1, 0.15) is 24.2 Å². The molecule has 8 heteroatoms. The topological polar surface area (TPSA) is 87.6 Å². The molecular weight excluding hydrogens is 256 g/mol. The summed E-state index contributed by atoms with van der Waals surface area (Å²) < 4.78 is 26.2. The van der Waals surface area contributed by atoms with E-state index >= 15 is 0 Å². The number of nitrogens with zero attached hydrogens (tertiary/aromatic N) is 4. The molecule has 0 atom stereocenters. The molecule has 1 aromatic heterocycles. The first-order chi connectivity index (χ1) is 8.91. The maximum atomic E-state index is 13.1. The van der Waals surface area contributed by atoms with Crippen LogP contribution in [0.15, 0.2) is 11.2 Å². The molecule has 1 aromatic rings. The van der Waals surface area contributed by atoms with Crippen molar-refractivity contribution in [2.24, 2.45) is 10.9 Å². The second-order valence-corrected chi connectivity index (χ2v) is 4.52. The number of alkyl halides is 2. The van der Waals surface area contributed by atoms with Crippen molar-refractivity contribution in [2.45, 2.75) is 25.7 Å². The van der Waals surface area contributed by atoms with Crippen molar-refractivity contribution >= 4 is 11.8 Å². The van der Waals surface area contributed by atoms with Crippen molar-refractivity contribution in [1.82, 2.24) is 9.97 Å². The number of piperidine rings is 1. The van der Waals surface area contributed by atoms with Crippen LogP contribution in [0.25, 0.3) is 0 Å². The Morgan fingerprint density at radius 1 is 1.42 bits per heavy atom. The highest BCUT2D eigenvalue weighted by atomic mass is 19.3. The van der Waals surface area contributed by atoms with Crippen molar-refractivity contribution in [3.8, 4) is 0 Å². The Kier molecular flexibility index (Phi) is 3.50. The molecule has 3 N–H and O–H groups in total. The van der Waals surface area contributed by atoms with Gasteiger partial charge in [0.2, 0.25) is 5.95 Å². The Morgan fingerprint density at radius 3 is 2.63 bits per heavy atom. The summed E-state index contributed by atoms with van der Waals surface area (Å²) in [5, 5.41) is 11.5. The Labute approximate surface area is 108 Å². The van der Waals surface area contributed by atoms with Crippen LogP contribution in [0.5, 0.6) is 0 Å². The van der Waals surface area contributed by atoms with Crippen LogP contribution in [0.4, 0.5) is 14.7 Å². The monoisotopic (exact) mass is 271 g/mol. The van der Waals surface area contributed by atoms with Gasteiger partial charge in [0.05, 0.1) is 0 Å². The summed E-state index contributed by atoms with van der Waals surface area (Å²) in [6.07, 6.45) is -0.438. The van der Waals surface area contributed by atoms with Crippen LogP contribution >= 0.6 is 0 Å². The molecule has 1 aliphatic heterocycles. The van der Waals surface area contributed by atoms with Gasteiger partial charge in [0.25, 0.3) is 5.92 Å². The van der Waals surface area contributed by atoms with Crippen LogP contribution in [-0.4, -0.2) is 40.0 Å². The molecule has 104 valence electrons. The van der Waals surface area contributed by atoms with Crippen molar-refractivity contribution in [3.05, 3.63) is 17.5 Å². The molecule has 0 radical (unpaired) electrons. The number of aromatic nitrogens is 2. The number of aryl methyl sites for hydroxylation is 1. The minimum absolute atomic E-state index is 0.130. The molecule has 2 rings (SSSR count). The number of hydrogen-bond acceptors (Lipinski definition) is 5. The van der Waals surface area contributed by atoms with Crippen LogP contribution < -0.4 is 10.6 Å². The third-order valence-electron chi connectivity index (χ3n) is 2.99. The Hall–Kier alpha value is -1.99. The highest BCUT2D eigenvalue weighted by Crippen LogP contribution is 2.29. The van der Waals surface area contributed by atoms with E-state index < -0.39 is 5.92 Å². The largest absolute Gasteiger partial charge is 0.409 e. The van der Waals surface area contributed by atoms with E-state index in [1.165, 1.54) is 0 Å². The van der Waals surface area contributed by atoms with E-state index in [9.17, 15) is 8.78 Å². The zero-order valence-electron chi connectivity index (χ0n) is 10.5. The molecule has 0 aromatic carbocycles. The highest BCUT2D eigenvalue weighted by molar-refractivity contribution is 5.95. The molecule has 0 amide bonds. The van der Waals surface area contributed by atoms with Gasteiger partial charge in [-0.25, -0.2) is 18.7 Å². The summed E-state index contributed by atoms with van der Waals surface area (Å²) in [7, 11) is 0. The fourth-order valence-corrected chi connectivity index (χ4v) is 1.91. The van der Waals surface area contributed by atoms with Gasteiger partial charge in [0.1, 0.15) is 5.69 Å². The molecular formula is C11H15F2N5O. The first-order valence-electron chi connectivity index (χ1n) is 5.88. The van der Waals surface area contributed by atoms with Gasteiger partial charge in [-0.15, -0.1) is 0 Å². The van der Waals surface area contributed by atoms with Gasteiger partial charge in [-0.2, -0.15) is 0 Å². The normalized spacial score (nSPS) is 19.5. The number of nitrogens with two attached hydrogens (primary N) is 1. The number of hydrogen-bond donors (Lipinski definition) is 2. The van der Waals surface area contributed by atoms with E-state index in [2.05, 4.69) is 15.1 Å². The lowest BCUT2D eigenvalue weighted by Gasteiger charge is -2.31. The second kappa shape index (κ2) is 4.94. The smallest absolute Gasteiger partial charge is 0.251 e. The van der Waals surface area contributed by atoms with E-state index in [4.69, 9.17) is 10.9 Å². The Balaban J connectivity index is 2.24. The summed E-state index contributed by atoms with van der Waals surface area (Å²) in [5.41, 5.74) is 6.38. The summed E-state index contributed by atoms with van der Waals surface area (Å²) >= 11 is 0. The Morgan fingerprint density at radius 2 is 2.05 bits per heavy atom. The summed E-state index contributed by atoms with van der Waals surface area (Å²) in [6, 6.07) is 1.57. The molecule has 0 unspecified atom stereocenters. The molecule has 2 heterocycles. The van der Waals surface area contributed by atoms with Crippen LogP contribution in [-0.2, 0) is 0 Å². The van der Waals surface area contributed by atoms with Gasteiger partial charge < -0.3 is 15.8 Å². The van der Waals surface area contributed by atoms with Gasteiger partial charge in [-0.05, 0) is 13.0 Å². The minimum atomic E-state index is -2.62. The predicted molar refractivity (Wildman–Crippen MR) is 65.7 cm³/mol. The lowest BCUT2D eigenvalue weighted by molar-refractivity contribution is -0.0222. The fraction of sp³-hybridized carbons (Fsp3) is 0.545. The van der Waals surface area contributed by atoms with Crippen molar-refractivity contribution < 1.29 is 14.0 Å². The van der Waals surface area contributed by atoms with Crippen molar-refractivity contribution in [2.75, 3.05) is 18.0 Å². The lowest BCUT2D eigenvalue weighted by atomic mass is 10.1. The highest BCUT2D eigenvalue weighted by Gasteiger charge is 2.34. The summed E-state index contributed by atoms with van der Waals surface area (Å²) in [4.78, 5) is 10.0.